The number of sulfonamides is 1. The van der Waals surface area contributed by atoms with E-state index in [9.17, 15) is 17.6 Å². The molecule has 0 aliphatic heterocycles. The summed E-state index contributed by atoms with van der Waals surface area (Å²) in [6.45, 7) is 2.00. The van der Waals surface area contributed by atoms with E-state index in [1.54, 1.807) is 43.3 Å². The van der Waals surface area contributed by atoms with Gasteiger partial charge in [-0.25, -0.2) is 17.8 Å². The Morgan fingerprint density at radius 3 is 2.38 bits per heavy atom. The molecular formula is C29H22BrFN4O3S2. The molecule has 5 rings (SSSR count). The van der Waals surface area contributed by atoms with Gasteiger partial charge in [-0.1, -0.05) is 57.6 Å². The van der Waals surface area contributed by atoms with Crippen molar-refractivity contribution in [3.05, 3.63) is 118 Å². The van der Waals surface area contributed by atoms with Gasteiger partial charge in [-0.2, -0.15) is 10.1 Å². The number of anilines is 2. The zero-order chi connectivity index (χ0) is 28.3. The first-order chi connectivity index (χ1) is 19.3. The summed E-state index contributed by atoms with van der Waals surface area (Å²) in [5.41, 5.74) is 2.05. The van der Waals surface area contributed by atoms with Crippen molar-refractivity contribution in [2.45, 2.75) is 11.8 Å². The van der Waals surface area contributed by atoms with Crippen LogP contribution < -0.4 is 9.31 Å². The molecular weight excluding hydrogens is 615 g/mol. The second-order valence-electron chi connectivity index (χ2n) is 8.55. The lowest BCUT2D eigenvalue weighted by atomic mass is 10.2. The Morgan fingerprint density at radius 2 is 1.70 bits per heavy atom. The van der Waals surface area contributed by atoms with Gasteiger partial charge in [-0.15, -0.1) is 0 Å². The molecule has 0 aliphatic rings. The first-order valence-corrected chi connectivity index (χ1v) is 15.2. The number of hydrogen-bond acceptors (Lipinski definition) is 6. The molecule has 0 saturated carbocycles. The first-order valence-electron chi connectivity index (χ1n) is 12.1. The fourth-order valence-electron chi connectivity index (χ4n) is 3.94. The number of halogens is 2. The summed E-state index contributed by atoms with van der Waals surface area (Å²) < 4.78 is 43.2. The maximum atomic E-state index is 13.7. The predicted octanol–water partition coefficient (Wildman–Crippen LogP) is 7.09. The average Bonchev–Trinajstić information content (AvgIpc) is 3.37. The summed E-state index contributed by atoms with van der Waals surface area (Å²) >= 11 is 4.73. The Balaban J connectivity index is 1.49. The Morgan fingerprint density at radius 1 is 1.00 bits per heavy atom. The van der Waals surface area contributed by atoms with Crippen molar-refractivity contribution in [1.29, 1.82) is 0 Å². The smallest absolute Gasteiger partial charge is 0.267 e. The lowest BCUT2D eigenvalue weighted by molar-refractivity contribution is 0.0987. The second-order valence-corrected chi connectivity index (χ2v) is 12.3. The molecule has 1 heterocycles. The lowest BCUT2D eigenvalue weighted by Gasteiger charge is -2.23. The zero-order valence-corrected chi connectivity index (χ0v) is 24.3. The molecule has 0 unspecified atom stereocenters. The van der Waals surface area contributed by atoms with Crippen molar-refractivity contribution in [3.63, 3.8) is 0 Å². The molecule has 0 atom stereocenters. The molecule has 7 nitrogen and oxygen atoms in total. The summed E-state index contributed by atoms with van der Waals surface area (Å²) in [6.07, 6.45) is 1.44. The van der Waals surface area contributed by atoms with Gasteiger partial charge in [0.05, 0.1) is 27.0 Å². The fourth-order valence-corrected chi connectivity index (χ4v) is 6.89. The van der Waals surface area contributed by atoms with Crippen LogP contribution in [-0.4, -0.2) is 32.1 Å². The highest BCUT2D eigenvalue weighted by molar-refractivity contribution is 9.10. The van der Waals surface area contributed by atoms with E-state index in [0.29, 0.717) is 21.9 Å². The van der Waals surface area contributed by atoms with Gasteiger partial charge in [0.2, 0.25) is 5.13 Å². The molecule has 40 heavy (non-hydrogen) atoms. The van der Waals surface area contributed by atoms with Crippen molar-refractivity contribution < 1.29 is 17.6 Å². The molecule has 0 radical (unpaired) electrons. The Hall–Kier alpha value is -3.93. The van der Waals surface area contributed by atoms with Gasteiger partial charge >= 0.3 is 0 Å². The van der Waals surface area contributed by atoms with E-state index >= 15 is 0 Å². The number of amides is 1. The minimum atomic E-state index is -3.86. The van der Waals surface area contributed by atoms with Crippen molar-refractivity contribution in [2.24, 2.45) is 5.10 Å². The third-order valence-corrected chi connectivity index (χ3v) is 9.33. The lowest BCUT2D eigenvalue weighted by Crippen LogP contribution is -2.31. The number of para-hydroxylation sites is 1. The van der Waals surface area contributed by atoms with Gasteiger partial charge in [0.1, 0.15) is 5.82 Å². The third-order valence-electron chi connectivity index (χ3n) is 5.93. The number of carbonyl (C=O) groups is 1. The van der Waals surface area contributed by atoms with Crippen LogP contribution in [0.5, 0.6) is 0 Å². The molecule has 4 aromatic carbocycles. The van der Waals surface area contributed by atoms with E-state index in [0.717, 1.165) is 14.2 Å². The second kappa shape index (κ2) is 11.7. The molecule has 1 aromatic heterocycles. The molecule has 0 fully saturated rings. The number of rotatable bonds is 8. The maximum absolute atomic E-state index is 13.7. The molecule has 0 bridgehead atoms. The highest BCUT2D eigenvalue weighted by atomic mass is 79.9. The number of hydrazone groups is 1. The topological polar surface area (TPSA) is 82.9 Å². The maximum Gasteiger partial charge on any atom is 0.280 e. The molecule has 0 spiro atoms. The van der Waals surface area contributed by atoms with E-state index in [4.69, 9.17) is 0 Å². The molecule has 0 aliphatic carbocycles. The fraction of sp³-hybridized carbons (Fsp3) is 0.0690. The number of benzene rings is 4. The van der Waals surface area contributed by atoms with Crippen LogP contribution in [0.1, 0.15) is 22.8 Å². The highest BCUT2D eigenvalue weighted by Crippen LogP contribution is 2.32. The highest BCUT2D eigenvalue weighted by Gasteiger charge is 2.25. The quantitative estimate of drug-likeness (QED) is 0.134. The Kier molecular flexibility index (Phi) is 8.06. The number of fused-ring (bicyclic) bond motifs is 1. The monoisotopic (exact) mass is 636 g/mol. The van der Waals surface area contributed by atoms with E-state index in [1.165, 1.54) is 58.3 Å². The van der Waals surface area contributed by atoms with Gasteiger partial charge in [0.25, 0.3) is 15.9 Å². The van der Waals surface area contributed by atoms with Crippen LogP contribution in [0, 0.1) is 5.82 Å². The minimum Gasteiger partial charge on any atom is -0.267 e. The number of hydrogen-bond donors (Lipinski definition) is 0. The van der Waals surface area contributed by atoms with Crippen LogP contribution in [-0.2, 0) is 10.0 Å². The van der Waals surface area contributed by atoms with Crippen molar-refractivity contribution in [1.82, 2.24) is 4.98 Å². The molecule has 5 aromatic rings. The van der Waals surface area contributed by atoms with Gasteiger partial charge in [-0.05, 0) is 79.2 Å². The van der Waals surface area contributed by atoms with Crippen LogP contribution in [0.2, 0.25) is 0 Å². The number of thiazole rings is 1. The van der Waals surface area contributed by atoms with Crippen molar-refractivity contribution in [3.8, 4) is 0 Å². The van der Waals surface area contributed by atoms with E-state index < -0.39 is 15.9 Å². The van der Waals surface area contributed by atoms with Crippen molar-refractivity contribution in [2.75, 3.05) is 15.9 Å². The van der Waals surface area contributed by atoms with Gasteiger partial charge in [-0.3, -0.25) is 9.10 Å². The minimum absolute atomic E-state index is 0.0564. The molecule has 11 heteroatoms. The Labute approximate surface area is 243 Å². The van der Waals surface area contributed by atoms with Crippen molar-refractivity contribution >= 4 is 70.4 Å². The third kappa shape index (κ3) is 5.81. The molecule has 202 valence electrons. The van der Waals surface area contributed by atoms with Gasteiger partial charge < -0.3 is 0 Å². The predicted molar refractivity (Wildman–Crippen MR) is 161 cm³/mol. The van der Waals surface area contributed by atoms with Gasteiger partial charge in [0.15, 0.2) is 0 Å². The zero-order valence-electron chi connectivity index (χ0n) is 21.1. The summed E-state index contributed by atoms with van der Waals surface area (Å²) in [7, 11) is -3.86. The average molecular weight is 638 g/mol. The van der Waals surface area contributed by atoms with E-state index in [-0.39, 0.29) is 22.8 Å². The summed E-state index contributed by atoms with van der Waals surface area (Å²) in [5.74, 6) is -0.887. The van der Waals surface area contributed by atoms with E-state index in [2.05, 4.69) is 26.0 Å². The summed E-state index contributed by atoms with van der Waals surface area (Å²) in [6, 6.07) is 25.8. The van der Waals surface area contributed by atoms with Crippen LogP contribution in [0.3, 0.4) is 0 Å². The molecule has 0 saturated heterocycles. The number of carbonyl (C=O) groups excluding carboxylic acids is 1. The summed E-state index contributed by atoms with van der Waals surface area (Å²) in [4.78, 5) is 18.3. The van der Waals surface area contributed by atoms with Gasteiger partial charge in [0, 0.05) is 16.6 Å². The Bertz CT molecular complexity index is 1790. The van der Waals surface area contributed by atoms with Crippen LogP contribution in [0.4, 0.5) is 15.2 Å². The molecule has 0 N–H and O–H groups in total. The van der Waals surface area contributed by atoms with Crippen LogP contribution in [0.15, 0.2) is 112 Å². The number of nitrogens with zero attached hydrogens (tertiary/aromatic N) is 4. The SMILES string of the molecule is CCN(c1ccccc1)S(=O)(=O)c1ccc(C(=O)N(/N=C/c2ccc(F)cc2)c2nc3ccc(Br)cc3s2)cc1. The van der Waals surface area contributed by atoms with Crippen LogP contribution in [0.25, 0.3) is 10.2 Å². The first kappa shape index (κ1) is 27.6. The van der Waals surface area contributed by atoms with E-state index in [1.807, 2.05) is 24.3 Å². The largest absolute Gasteiger partial charge is 0.280 e. The molecule has 1 amide bonds. The summed E-state index contributed by atoms with van der Waals surface area (Å²) in [5, 5.41) is 5.87. The number of aromatic nitrogens is 1. The van der Waals surface area contributed by atoms with Crippen LogP contribution >= 0.6 is 27.3 Å². The standard InChI is InChI=1S/C29H22BrFN4O3S2/c1-2-34(24-6-4-3-5-7-24)40(37,38)25-15-10-21(11-16-25)28(36)35(32-19-20-8-13-23(31)14-9-20)29-33-26-17-12-22(30)18-27(26)39-29/h3-19H,2H2,1H3/b32-19+. The normalized spacial score (nSPS) is 11.7.